The summed E-state index contributed by atoms with van der Waals surface area (Å²) in [5.41, 5.74) is 4.27. The summed E-state index contributed by atoms with van der Waals surface area (Å²) in [5, 5.41) is 14.6. The molecule has 0 saturated heterocycles. The van der Waals surface area contributed by atoms with Crippen molar-refractivity contribution in [2.45, 2.75) is 0 Å². The van der Waals surface area contributed by atoms with Gasteiger partial charge >= 0.3 is 0 Å². The molecule has 0 aromatic heterocycles. The van der Waals surface area contributed by atoms with Gasteiger partial charge in [0.2, 0.25) is 0 Å². The van der Waals surface area contributed by atoms with Crippen molar-refractivity contribution in [1.29, 1.82) is 0 Å². The molecule has 0 unspecified atom stereocenters. The Kier molecular flexibility index (Phi) is 4.85. The second-order valence-electron chi connectivity index (χ2n) is 3.70. The zero-order chi connectivity index (χ0) is 13.8. The third-order valence-corrected chi connectivity index (χ3v) is 3.61. The monoisotopic (exact) mass is 402 g/mol. The van der Waals surface area contributed by atoms with Crippen LogP contribution in [0, 0.1) is 0 Å². The topological polar surface area (TPSA) is 44.6 Å². The summed E-state index contributed by atoms with van der Waals surface area (Å²) in [6.07, 6.45) is 1.54. The lowest BCUT2D eigenvalue weighted by Gasteiger charge is -2.03. The van der Waals surface area contributed by atoms with Crippen molar-refractivity contribution in [1.82, 2.24) is 0 Å². The molecule has 0 heterocycles. The van der Waals surface area contributed by atoms with Crippen LogP contribution in [-0.4, -0.2) is 11.3 Å². The van der Waals surface area contributed by atoms with E-state index in [0.29, 0.717) is 15.1 Å². The van der Waals surface area contributed by atoms with Crippen molar-refractivity contribution in [2.24, 2.45) is 5.10 Å². The largest absolute Gasteiger partial charge is 0.506 e. The molecule has 2 aromatic carbocycles. The lowest BCUT2D eigenvalue weighted by molar-refractivity contribution is 0.471. The smallest absolute Gasteiger partial charge is 0.138 e. The van der Waals surface area contributed by atoms with E-state index in [1.54, 1.807) is 30.5 Å². The fourth-order valence-electron chi connectivity index (χ4n) is 1.39. The number of hydrazone groups is 1. The number of hydrogen-bond donors (Lipinski definition) is 2. The van der Waals surface area contributed by atoms with E-state index in [1.165, 1.54) is 0 Å². The molecule has 0 atom stereocenters. The molecule has 98 valence electrons. The van der Waals surface area contributed by atoms with Gasteiger partial charge in [0.15, 0.2) is 0 Å². The molecule has 0 fully saturated rings. The van der Waals surface area contributed by atoms with Crippen molar-refractivity contribution >= 4 is 55.4 Å². The molecular formula is C13H9Br2ClN2O. The summed E-state index contributed by atoms with van der Waals surface area (Å²) in [4.78, 5) is 0. The first kappa shape index (κ1) is 14.4. The molecule has 0 aliphatic rings. The second kappa shape index (κ2) is 6.41. The molecule has 6 heteroatoms. The van der Waals surface area contributed by atoms with Crippen LogP contribution >= 0.6 is 43.5 Å². The summed E-state index contributed by atoms with van der Waals surface area (Å²) in [6.45, 7) is 0. The highest BCUT2D eigenvalue weighted by molar-refractivity contribution is 9.11. The van der Waals surface area contributed by atoms with Crippen LogP contribution in [0.1, 0.15) is 5.56 Å². The lowest BCUT2D eigenvalue weighted by Crippen LogP contribution is -1.91. The Bertz CT molecular complexity index is 615. The number of phenolic OH excluding ortho intramolecular Hbond substituents is 1. The van der Waals surface area contributed by atoms with Gasteiger partial charge in [-0.2, -0.15) is 5.10 Å². The van der Waals surface area contributed by atoms with Crippen LogP contribution in [0.25, 0.3) is 0 Å². The van der Waals surface area contributed by atoms with Gasteiger partial charge in [0.25, 0.3) is 0 Å². The van der Waals surface area contributed by atoms with Gasteiger partial charge in [0.05, 0.1) is 16.4 Å². The molecule has 19 heavy (non-hydrogen) atoms. The Morgan fingerprint density at radius 1 is 1.16 bits per heavy atom. The number of aromatic hydroxyl groups is 1. The number of rotatable bonds is 3. The van der Waals surface area contributed by atoms with Gasteiger partial charge < -0.3 is 5.11 Å². The minimum absolute atomic E-state index is 0.143. The summed E-state index contributed by atoms with van der Waals surface area (Å²) in [5.74, 6) is 0.143. The minimum Gasteiger partial charge on any atom is -0.506 e. The van der Waals surface area contributed by atoms with Crippen LogP contribution in [0.3, 0.4) is 0 Å². The maximum atomic E-state index is 9.85. The molecule has 0 saturated carbocycles. The minimum atomic E-state index is 0.143. The van der Waals surface area contributed by atoms with Crippen molar-refractivity contribution in [3.63, 3.8) is 0 Å². The van der Waals surface area contributed by atoms with Crippen molar-refractivity contribution in [3.8, 4) is 5.75 Å². The van der Waals surface area contributed by atoms with E-state index in [-0.39, 0.29) is 5.75 Å². The molecule has 0 aliphatic carbocycles. The summed E-state index contributed by atoms with van der Waals surface area (Å²) < 4.78 is 1.46. The van der Waals surface area contributed by atoms with E-state index in [9.17, 15) is 5.11 Å². The molecule has 0 aliphatic heterocycles. The van der Waals surface area contributed by atoms with E-state index < -0.39 is 0 Å². The van der Waals surface area contributed by atoms with E-state index in [1.807, 2.05) is 12.1 Å². The molecule has 0 amide bonds. The van der Waals surface area contributed by atoms with E-state index in [4.69, 9.17) is 11.6 Å². The van der Waals surface area contributed by atoms with Crippen LogP contribution in [0.15, 0.2) is 50.4 Å². The van der Waals surface area contributed by atoms with E-state index in [2.05, 4.69) is 42.4 Å². The zero-order valence-electron chi connectivity index (χ0n) is 9.57. The fourth-order valence-corrected chi connectivity index (χ4v) is 2.77. The molecule has 2 aromatic rings. The number of anilines is 1. The molecule has 3 nitrogen and oxygen atoms in total. The predicted molar refractivity (Wildman–Crippen MR) is 86.2 cm³/mol. The van der Waals surface area contributed by atoms with Crippen molar-refractivity contribution in [2.75, 3.05) is 5.43 Å². The SMILES string of the molecule is Oc1c(Br)cc(Br)cc1C=NNc1ccc(Cl)cc1. The Morgan fingerprint density at radius 2 is 1.84 bits per heavy atom. The van der Waals surface area contributed by atoms with Crippen LogP contribution in [0.4, 0.5) is 5.69 Å². The first-order valence-corrected chi connectivity index (χ1v) is 7.25. The van der Waals surface area contributed by atoms with Gasteiger partial charge in [-0.1, -0.05) is 27.5 Å². The number of benzene rings is 2. The summed E-state index contributed by atoms with van der Waals surface area (Å²) in [6, 6.07) is 10.7. The fraction of sp³-hybridized carbons (Fsp3) is 0. The average molecular weight is 404 g/mol. The van der Waals surface area contributed by atoms with Crippen molar-refractivity contribution < 1.29 is 5.11 Å². The number of halogens is 3. The second-order valence-corrected chi connectivity index (χ2v) is 5.91. The molecule has 2 rings (SSSR count). The van der Waals surface area contributed by atoms with Gasteiger partial charge in [0.1, 0.15) is 5.75 Å². The average Bonchev–Trinajstić information content (AvgIpc) is 2.37. The Balaban J connectivity index is 2.13. The van der Waals surface area contributed by atoms with Crippen LogP contribution in [-0.2, 0) is 0 Å². The number of nitrogens with one attached hydrogen (secondary N) is 1. The molecule has 0 radical (unpaired) electrons. The molecule has 0 spiro atoms. The van der Waals surface area contributed by atoms with E-state index in [0.717, 1.165) is 10.2 Å². The van der Waals surface area contributed by atoms with Crippen LogP contribution < -0.4 is 5.43 Å². The van der Waals surface area contributed by atoms with Gasteiger partial charge in [0, 0.05) is 15.1 Å². The Labute approximate surface area is 132 Å². The standard InChI is InChI=1S/C13H9Br2ClN2O/c14-9-5-8(13(19)12(15)6-9)7-17-18-11-3-1-10(16)2-4-11/h1-7,18-19H. The van der Waals surface area contributed by atoms with Crippen molar-refractivity contribution in [3.05, 3.63) is 55.9 Å². The lowest BCUT2D eigenvalue weighted by atomic mass is 10.2. The van der Waals surface area contributed by atoms with E-state index >= 15 is 0 Å². The first-order chi connectivity index (χ1) is 9.06. The normalized spacial score (nSPS) is 10.9. The Hall–Kier alpha value is -1.04. The van der Waals surface area contributed by atoms with Gasteiger partial charge in [-0.25, -0.2) is 0 Å². The maximum Gasteiger partial charge on any atom is 0.138 e. The Morgan fingerprint density at radius 3 is 2.53 bits per heavy atom. The molecule has 0 bridgehead atoms. The highest BCUT2D eigenvalue weighted by Crippen LogP contribution is 2.30. The van der Waals surface area contributed by atoms with Crippen LogP contribution in [0.5, 0.6) is 5.75 Å². The highest BCUT2D eigenvalue weighted by atomic mass is 79.9. The zero-order valence-corrected chi connectivity index (χ0v) is 13.5. The number of hydrogen-bond acceptors (Lipinski definition) is 3. The first-order valence-electron chi connectivity index (χ1n) is 5.29. The third kappa shape index (κ3) is 3.96. The third-order valence-electron chi connectivity index (χ3n) is 2.30. The maximum absolute atomic E-state index is 9.85. The summed E-state index contributed by atoms with van der Waals surface area (Å²) in [7, 11) is 0. The van der Waals surface area contributed by atoms with Gasteiger partial charge in [-0.15, -0.1) is 0 Å². The molecular weight excluding hydrogens is 395 g/mol. The van der Waals surface area contributed by atoms with Gasteiger partial charge in [-0.3, -0.25) is 5.43 Å². The highest BCUT2D eigenvalue weighted by Gasteiger charge is 2.05. The number of phenols is 1. The van der Waals surface area contributed by atoms with Gasteiger partial charge in [-0.05, 0) is 52.3 Å². The van der Waals surface area contributed by atoms with Crippen LogP contribution in [0.2, 0.25) is 5.02 Å². The molecule has 2 N–H and O–H groups in total. The quantitative estimate of drug-likeness (QED) is 0.558. The predicted octanol–water partition coefficient (Wildman–Crippen LogP) is 5.02. The number of nitrogens with zero attached hydrogens (tertiary/aromatic N) is 1. The summed E-state index contributed by atoms with van der Waals surface area (Å²) >= 11 is 12.4.